The molecule has 1 heterocycles. The minimum atomic E-state index is -0.290. The zero-order valence-electron chi connectivity index (χ0n) is 9.58. The van der Waals surface area contributed by atoms with Gasteiger partial charge in [-0.25, -0.2) is 4.39 Å². The number of hydrogen-bond acceptors (Lipinski definition) is 3. The van der Waals surface area contributed by atoms with Gasteiger partial charge in [0, 0.05) is 18.2 Å². The summed E-state index contributed by atoms with van der Waals surface area (Å²) >= 11 is 1.98. The number of thioether (sulfide) groups is 1. The molecule has 0 amide bonds. The highest BCUT2D eigenvalue weighted by Gasteiger charge is 2.13. The van der Waals surface area contributed by atoms with Crippen molar-refractivity contribution in [2.75, 3.05) is 11.5 Å². The molecule has 0 aromatic heterocycles. The van der Waals surface area contributed by atoms with E-state index in [0.717, 1.165) is 12.8 Å². The molecule has 2 rings (SSSR count). The molecule has 0 saturated carbocycles. The van der Waals surface area contributed by atoms with Gasteiger partial charge in [-0.3, -0.25) is 0 Å². The molecule has 90 valence electrons. The quantitative estimate of drug-likeness (QED) is 0.896. The predicted octanol–water partition coefficient (Wildman–Crippen LogP) is 2.68. The summed E-state index contributed by atoms with van der Waals surface area (Å²) in [6, 6.07) is 7.10. The van der Waals surface area contributed by atoms with Crippen LogP contribution in [0.25, 0.3) is 0 Å². The summed E-state index contributed by atoms with van der Waals surface area (Å²) in [5, 5.41) is 12.0. The predicted molar refractivity (Wildman–Crippen MR) is 68.3 cm³/mol. The summed E-state index contributed by atoms with van der Waals surface area (Å²) in [5.74, 6) is 2.09. The van der Waals surface area contributed by atoms with Crippen LogP contribution in [0.4, 0.5) is 4.39 Å². The van der Waals surface area contributed by atoms with Crippen molar-refractivity contribution in [2.24, 2.45) is 0 Å². The van der Waals surface area contributed by atoms with Crippen LogP contribution in [0.3, 0.4) is 0 Å². The van der Waals surface area contributed by atoms with Crippen molar-refractivity contribution < 1.29 is 4.39 Å². The lowest BCUT2D eigenvalue weighted by Crippen LogP contribution is -2.32. The van der Waals surface area contributed by atoms with Crippen LogP contribution in [-0.2, 0) is 6.54 Å². The molecule has 17 heavy (non-hydrogen) atoms. The van der Waals surface area contributed by atoms with Crippen LogP contribution in [-0.4, -0.2) is 17.5 Å². The van der Waals surface area contributed by atoms with E-state index in [-0.39, 0.29) is 5.82 Å². The lowest BCUT2D eigenvalue weighted by Gasteiger charge is -2.22. The largest absolute Gasteiger partial charge is 0.310 e. The second-order valence-corrected chi connectivity index (χ2v) is 5.41. The third-order valence-corrected chi connectivity index (χ3v) is 4.03. The molecule has 1 aromatic rings. The Kier molecular flexibility index (Phi) is 4.41. The van der Waals surface area contributed by atoms with Gasteiger partial charge in [0.25, 0.3) is 0 Å². The highest BCUT2D eigenvalue weighted by Crippen LogP contribution is 2.18. The molecule has 0 aliphatic carbocycles. The molecule has 1 N–H and O–H groups in total. The minimum Gasteiger partial charge on any atom is -0.310 e. The van der Waals surface area contributed by atoms with Gasteiger partial charge >= 0.3 is 0 Å². The van der Waals surface area contributed by atoms with Crippen LogP contribution in [0.1, 0.15) is 24.0 Å². The van der Waals surface area contributed by atoms with E-state index in [4.69, 9.17) is 5.26 Å². The SMILES string of the molecule is N#Cc1ccc(CNC2CCSCC2)c(F)c1. The van der Waals surface area contributed by atoms with E-state index in [9.17, 15) is 4.39 Å². The van der Waals surface area contributed by atoms with Crippen molar-refractivity contribution in [3.8, 4) is 6.07 Å². The number of nitriles is 1. The summed E-state index contributed by atoms with van der Waals surface area (Å²) in [5.41, 5.74) is 1.02. The molecule has 0 radical (unpaired) electrons. The van der Waals surface area contributed by atoms with Gasteiger partial charge in [0.05, 0.1) is 11.6 Å². The van der Waals surface area contributed by atoms with E-state index < -0.39 is 0 Å². The number of rotatable bonds is 3. The molecular formula is C13H15FN2S. The van der Waals surface area contributed by atoms with E-state index in [1.165, 1.54) is 17.6 Å². The fourth-order valence-electron chi connectivity index (χ4n) is 1.92. The maximum atomic E-state index is 13.6. The van der Waals surface area contributed by atoms with Gasteiger partial charge in [-0.2, -0.15) is 17.0 Å². The zero-order valence-corrected chi connectivity index (χ0v) is 10.4. The molecule has 1 aliphatic rings. The van der Waals surface area contributed by atoms with Crippen molar-refractivity contribution in [1.29, 1.82) is 5.26 Å². The van der Waals surface area contributed by atoms with Crippen LogP contribution >= 0.6 is 11.8 Å². The van der Waals surface area contributed by atoms with Crippen LogP contribution in [0, 0.1) is 17.1 Å². The van der Waals surface area contributed by atoms with Crippen LogP contribution in [0.15, 0.2) is 18.2 Å². The first-order valence-corrected chi connectivity index (χ1v) is 6.94. The van der Waals surface area contributed by atoms with E-state index in [0.29, 0.717) is 23.7 Å². The molecule has 0 atom stereocenters. The molecule has 4 heteroatoms. The molecule has 0 spiro atoms. The normalized spacial score (nSPS) is 16.7. The topological polar surface area (TPSA) is 35.8 Å². The van der Waals surface area contributed by atoms with Crippen LogP contribution in [0.5, 0.6) is 0 Å². The Balaban J connectivity index is 1.92. The van der Waals surface area contributed by atoms with Crippen molar-refractivity contribution in [3.63, 3.8) is 0 Å². The summed E-state index contributed by atoms with van der Waals surface area (Å²) in [6.07, 6.45) is 2.31. The highest BCUT2D eigenvalue weighted by molar-refractivity contribution is 7.99. The van der Waals surface area contributed by atoms with Crippen molar-refractivity contribution in [3.05, 3.63) is 35.1 Å². The number of benzene rings is 1. The molecule has 1 fully saturated rings. The fourth-order valence-corrected chi connectivity index (χ4v) is 3.02. The van der Waals surface area contributed by atoms with Crippen LogP contribution in [0.2, 0.25) is 0 Å². The van der Waals surface area contributed by atoms with E-state index >= 15 is 0 Å². The second kappa shape index (κ2) is 6.04. The Labute approximate surface area is 105 Å². The maximum absolute atomic E-state index is 13.6. The van der Waals surface area contributed by atoms with Gasteiger partial charge in [0.2, 0.25) is 0 Å². The summed E-state index contributed by atoms with van der Waals surface area (Å²) < 4.78 is 13.6. The second-order valence-electron chi connectivity index (χ2n) is 4.19. The van der Waals surface area contributed by atoms with Crippen LogP contribution < -0.4 is 5.32 Å². The average Bonchev–Trinajstić information content (AvgIpc) is 2.38. The molecule has 1 saturated heterocycles. The van der Waals surface area contributed by atoms with E-state index in [1.807, 2.05) is 17.8 Å². The Morgan fingerprint density at radius 2 is 2.18 bits per heavy atom. The van der Waals surface area contributed by atoms with Crippen molar-refractivity contribution in [1.82, 2.24) is 5.32 Å². The molecule has 0 bridgehead atoms. The number of nitrogens with zero attached hydrogens (tertiary/aromatic N) is 1. The first-order chi connectivity index (χ1) is 8.29. The summed E-state index contributed by atoms with van der Waals surface area (Å²) in [7, 11) is 0. The number of hydrogen-bond donors (Lipinski definition) is 1. The summed E-state index contributed by atoms with van der Waals surface area (Å²) in [6.45, 7) is 0.548. The van der Waals surface area contributed by atoms with Gasteiger partial charge in [-0.1, -0.05) is 6.07 Å². The third-order valence-electron chi connectivity index (χ3n) is 2.98. The van der Waals surface area contributed by atoms with Crippen molar-refractivity contribution >= 4 is 11.8 Å². The number of nitrogens with one attached hydrogen (secondary N) is 1. The first-order valence-electron chi connectivity index (χ1n) is 5.79. The standard InChI is InChI=1S/C13H15FN2S/c14-13-7-10(8-15)1-2-11(13)9-16-12-3-5-17-6-4-12/h1-2,7,12,16H,3-6,9H2. The smallest absolute Gasteiger partial charge is 0.129 e. The van der Waals surface area contributed by atoms with Gasteiger partial charge in [-0.05, 0) is 36.5 Å². The Hall–Kier alpha value is -1.05. The zero-order chi connectivity index (χ0) is 12.1. The lowest BCUT2D eigenvalue weighted by atomic mass is 10.1. The monoisotopic (exact) mass is 250 g/mol. The minimum absolute atomic E-state index is 0.290. The molecular weight excluding hydrogens is 235 g/mol. The average molecular weight is 250 g/mol. The molecule has 1 aliphatic heterocycles. The third kappa shape index (κ3) is 3.45. The Morgan fingerprint density at radius 1 is 1.41 bits per heavy atom. The van der Waals surface area contributed by atoms with Gasteiger partial charge in [0.1, 0.15) is 5.82 Å². The highest BCUT2D eigenvalue weighted by atomic mass is 32.2. The summed E-state index contributed by atoms with van der Waals surface area (Å²) in [4.78, 5) is 0. The Bertz CT molecular complexity index is 422. The number of halogens is 1. The first kappa shape index (κ1) is 12.4. The maximum Gasteiger partial charge on any atom is 0.129 e. The Morgan fingerprint density at radius 3 is 2.82 bits per heavy atom. The molecule has 1 aromatic carbocycles. The molecule has 2 nitrogen and oxygen atoms in total. The fraction of sp³-hybridized carbons (Fsp3) is 0.462. The molecule has 0 unspecified atom stereocenters. The van der Waals surface area contributed by atoms with E-state index in [1.54, 1.807) is 12.1 Å². The van der Waals surface area contributed by atoms with Gasteiger partial charge in [-0.15, -0.1) is 0 Å². The lowest BCUT2D eigenvalue weighted by molar-refractivity contribution is 0.473. The van der Waals surface area contributed by atoms with Gasteiger partial charge < -0.3 is 5.32 Å². The van der Waals surface area contributed by atoms with Crippen molar-refractivity contribution in [2.45, 2.75) is 25.4 Å². The van der Waals surface area contributed by atoms with E-state index in [2.05, 4.69) is 5.32 Å². The van der Waals surface area contributed by atoms with Gasteiger partial charge in [0.15, 0.2) is 0 Å².